The minimum Gasteiger partial charge on any atom is -0.345 e. The summed E-state index contributed by atoms with van der Waals surface area (Å²) >= 11 is 0. The highest BCUT2D eigenvalue weighted by molar-refractivity contribution is 5.90. The SMILES string of the molecule is Cc1cc(-c2ncnn3cc(C4CCN(C)C4)cc23)ccc1CNC(=O)c1noc(C(C)(C)C)n1. The van der Waals surface area contributed by atoms with Gasteiger partial charge in [0.1, 0.15) is 6.33 Å². The number of nitrogens with one attached hydrogen (secondary N) is 1. The fraction of sp³-hybridized carbons (Fsp3) is 0.423. The van der Waals surface area contributed by atoms with Crippen molar-refractivity contribution in [3.05, 3.63) is 65.2 Å². The highest BCUT2D eigenvalue weighted by Crippen LogP contribution is 2.31. The van der Waals surface area contributed by atoms with E-state index in [4.69, 9.17) is 4.52 Å². The maximum Gasteiger partial charge on any atom is 0.292 e. The molecule has 1 atom stereocenters. The molecule has 1 aliphatic heterocycles. The van der Waals surface area contributed by atoms with Gasteiger partial charge in [-0.25, -0.2) is 9.50 Å². The Kier molecular flexibility index (Phi) is 5.88. The molecule has 4 heterocycles. The average molecular weight is 474 g/mol. The Bertz CT molecular complexity index is 1380. The Labute approximate surface area is 204 Å². The van der Waals surface area contributed by atoms with E-state index in [1.807, 2.05) is 44.3 Å². The number of rotatable bonds is 5. The number of carbonyl (C=O) groups excluding carboxylic acids is 1. The summed E-state index contributed by atoms with van der Waals surface area (Å²) in [6.45, 7) is 10.5. The molecular formula is C26H31N7O2. The van der Waals surface area contributed by atoms with Gasteiger partial charge in [-0.3, -0.25) is 4.79 Å². The summed E-state index contributed by atoms with van der Waals surface area (Å²) < 4.78 is 7.15. The number of likely N-dealkylation sites (tertiary alicyclic amines) is 1. The number of nitrogens with zero attached hydrogens (tertiary/aromatic N) is 6. The Morgan fingerprint density at radius 3 is 2.77 bits per heavy atom. The molecule has 182 valence electrons. The van der Waals surface area contributed by atoms with Crippen molar-refractivity contribution in [2.45, 2.75) is 52.0 Å². The standard InChI is InChI=1S/C26H31N7O2/c1-16-10-17(6-7-18(16)12-27-24(34)23-30-25(35-31-23)26(2,3)4)22-21-11-20(14-33(21)29-15-28-22)19-8-9-32(5)13-19/h6-7,10-11,14-15,19H,8-9,12-13H2,1-5H3,(H,27,34). The quantitative estimate of drug-likeness (QED) is 0.471. The van der Waals surface area contributed by atoms with Crippen molar-refractivity contribution in [2.24, 2.45) is 0 Å². The van der Waals surface area contributed by atoms with E-state index in [9.17, 15) is 4.79 Å². The largest absolute Gasteiger partial charge is 0.345 e. The second-order valence-electron chi connectivity index (χ2n) is 10.5. The second kappa shape index (κ2) is 8.88. The lowest BCUT2D eigenvalue weighted by Crippen LogP contribution is -2.24. The van der Waals surface area contributed by atoms with Crippen LogP contribution < -0.4 is 5.32 Å². The number of likely N-dealkylation sites (N-methyl/N-ethyl adjacent to an activating group) is 1. The Morgan fingerprint density at radius 1 is 1.26 bits per heavy atom. The molecular weight excluding hydrogens is 442 g/mol. The third-order valence-corrected chi connectivity index (χ3v) is 6.62. The minimum atomic E-state index is -0.358. The normalized spacial score (nSPS) is 16.8. The molecule has 4 aromatic rings. The third kappa shape index (κ3) is 4.68. The number of hydrogen-bond acceptors (Lipinski definition) is 7. The van der Waals surface area contributed by atoms with Gasteiger partial charge in [-0.2, -0.15) is 10.1 Å². The molecule has 0 spiro atoms. The van der Waals surface area contributed by atoms with Crippen LogP contribution in [0.15, 0.2) is 41.3 Å². The molecule has 0 bridgehead atoms. The summed E-state index contributed by atoms with van der Waals surface area (Å²) in [6, 6.07) is 8.39. The molecule has 0 radical (unpaired) electrons. The van der Waals surface area contributed by atoms with Gasteiger partial charge in [-0.1, -0.05) is 38.1 Å². The summed E-state index contributed by atoms with van der Waals surface area (Å²) in [5.74, 6) is 0.655. The lowest BCUT2D eigenvalue weighted by molar-refractivity contribution is 0.0937. The second-order valence-corrected chi connectivity index (χ2v) is 10.5. The minimum absolute atomic E-state index is 0.0464. The topological polar surface area (TPSA) is 101 Å². The molecule has 1 N–H and O–H groups in total. The van der Waals surface area contributed by atoms with Gasteiger partial charge < -0.3 is 14.7 Å². The molecule has 3 aromatic heterocycles. The van der Waals surface area contributed by atoms with Crippen molar-refractivity contribution in [3.63, 3.8) is 0 Å². The lowest BCUT2D eigenvalue weighted by Gasteiger charge is -2.10. The maximum absolute atomic E-state index is 12.5. The van der Waals surface area contributed by atoms with Crippen LogP contribution in [0.3, 0.4) is 0 Å². The molecule has 1 unspecified atom stereocenters. The van der Waals surface area contributed by atoms with Gasteiger partial charge in [0.15, 0.2) is 0 Å². The number of carbonyl (C=O) groups is 1. The molecule has 1 aliphatic rings. The zero-order chi connectivity index (χ0) is 24.7. The van der Waals surface area contributed by atoms with Gasteiger partial charge >= 0.3 is 0 Å². The molecule has 1 saturated heterocycles. The van der Waals surface area contributed by atoms with Gasteiger partial charge in [-0.15, -0.1) is 0 Å². The number of hydrogen-bond donors (Lipinski definition) is 1. The molecule has 5 rings (SSSR count). The highest BCUT2D eigenvalue weighted by atomic mass is 16.5. The van der Waals surface area contributed by atoms with E-state index in [2.05, 4.69) is 55.8 Å². The first-order chi connectivity index (χ1) is 16.7. The Hall–Kier alpha value is -3.59. The van der Waals surface area contributed by atoms with E-state index in [0.29, 0.717) is 18.4 Å². The molecule has 1 aromatic carbocycles. The van der Waals surface area contributed by atoms with Crippen LogP contribution in [0.1, 0.15) is 66.3 Å². The maximum atomic E-state index is 12.5. The highest BCUT2D eigenvalue weighted by Gasteiger charge is 2.25. The number of aromatic nitrogens is 5. The summed E-state index contributed by atoms with van der Waals surface area (Å²) in [5.41, 5.74) is 6.00. The molecule has 1 amide bonds. The lowest BCUT2D eigenvalue weighted by atomic mass is 9.97. The first-order valence-electron chi connectivity index (χ1n) is 11.9. The summed E-state index contributed by atoms with van der Waals surface area (Å²) in [6.07, 6.45) is 4.90. The van der Waals surface area contributed by atoms with Crippen LogP contribution in [-0.4, -0.2) is 55.7 Å². The molecule has 9 nitrogen and oxygen atoms in total. The number of fused-ring (bicyclic) bond motifs is 1. The molecule has 9 heteroatoms. The first kappa shape index (κ1) is 23.2. The van der Waals surface area contributed by atoms with Gasteiger partial charge in [0.2, 0.25) is 5.89 Å². The fourth-order valence-electron chi connectivity index (χ4n) is 4.52. The van der Waals surface area contributed by atoms with Crippen molar-refractivity contribution in [1.29, 1.82) is 0 Å². The van der Waals surface area contributed by atoms with Crippen LogP contribution >= 0.6 is 0 Å². The zero-order valence-corrected chi connectivity index (χ0v) is 20.9. The van der Waals surface area contributed by atoms with E-state index in [1.165, 1.54) is 5.56 Å². The van der Waals surface area contributed by atoms with Gasteiger partial charge in [0, 0.05) is 30.3 Å². The molecule has 0 aliphatic carbocycles. The van der Waals surface area contributed by atoms with Crippen molar-refractivity contribution >= 4 is 11.4 Å². The van der Waals surface area contributed by atoms with E-state index < -0.39 is 0 Å². The molecule has 35 heavy (non-hydrogen) atoms. The average Bonchev–Trinajstić information content (AvgIpc) is 3.56. The third-order valence-electron chi connectivity index (χ3n) is 6.62. The van der Waals surface area contributed by atoms with Crippen LogP contribution in [0.5, 0.6) is 0 Å². The monoisotopic (exact) mass is 473 g/mol. The van der Waals surface area contributed by atoms with Crippen molar-refractivity contribution in [2.75, 3.05) is 20.1 Å². The van der Waals surface area contributed by atoms with Crippen LogP contribution in [0, 0.1) is 6.92 Å². The van der Waals surface area contributed by atoms with Crippen LogP contribution in [0.4, 0.5) is 0 Å². The van der Waals surface area contributed by atoms with Crippen molar-refractivity contribution < 1.29 is 9.32 Å². The Morgan fingerprint density at radius 2 is 2.09 bits per heavy atom. The predicted octanol–water partition coefficient (Wildman–Crippen LogP) is 3.73. The van der Waals surface area contributed by atoms with Gasteiger partial charge in [-0.05, 0) is 61.7 Å². The van der Waals surface area contributed by atoms with E-state index in [0.717, 1.165) is 47.4 Å². The number of amides is 1. The molecule has 1 fully saturated rings. The fourth-order valence-corrected chi connectivity index (χ4v) is 4.52. The van der Waals surface area contributed by atoms with E-state index in [1.54, 1.807) is 6.33 Å². The summed E-state index contributed by atoms with van der Waals surface area (Å²) in [4.78, 5) is 23.7. The summed E-state index contributed by atoms with van der Waals surface area (Å²) in [5, 5.41) is 11.1. The zero-order valence-electron chi connectivity index (χ0n) is 20.9. The van der Waals surface area contributed by atoms with Crippen molar-refractivity contribution in [1.82, 2.24) is 35.0 Å². The van der Waals surface area contributed by atoms with Gasteiger partial charge in [0.25, 0.3) is 11.7 Å². The van der Waals surface area contributed by atoms with E-state index in [-0.39, 0.29) is 17.1 Å². The smallest absolute Gasteiger partial charge is 0.292 e. The predicted molar refractivity (Wildman–Crippen MR) is 132 cm³/mol. The van der Waals surface area contributed by atoms with Crippen LogP contribution in [-0.2, 0) is 12.0 Å². The van der Waals surface area contributed by atoms with Crippen LogP contribution in [0.25, 0.3) is 16.8 Å². The number of aryl methyl sites for hydroxylation is 1. The molecule has 0 saturated carbocycles. The van der Waals surface area contributed by atoms with Gasteiger partial charge in [0.05, 0.1) is 11.2 Å². The number of benzene rings is 1. The summed E-state index contributed by atoms with van der Waals surface area (Å²) in [7, 11) is 2.17. The first-order valence-corrected chi connectivity index (χ1v) is 11.9. The van der Waals surface area contributed by atoms with Crippen LogP contribution in [0.2, 0.25) is 0 Å². The van der Waals surface area contributed by atoms with E-state index >= 15 is 0 Å². The van der Waals surface area contributed by atoms with Crippen molar-refractivity contribution in [3.8, 4) is 11.3 Å². The Balaban J connectivity index is 1.33.